The molecule has 4 heteroatoms. The molecule has 0 amide bonds. The molecule has 0 radical (unpaired) electrons. The van der Waals surface area contributed by atoms with Gasteiger partial charge in [0.05, 0.1) is 12.6 Å². The first-order valence-electron chi connectivity index (χ1n) is 6.00. The van der Waals surface area contributed by atoms with Crippen LogP contribution in [0.5, 0.6) is 0 Å². The highest BCUT2D eigenvalue weighted by Gasteiger charge is 2.15. The summed E-state index contributed by atoms with van der Waals surface area (Å²) in [5.74, 6) is -0.195. The highest BCUT2D eigenvalue weighted by atomic mass is 32.1. The van der Waals surface area contributed by atoms with Crippen molar-refractivity contribution < 1.29 is 9.13 Å². The third kappa shape index (κ3) is 2.54. The lowest BCUT2D eigenvalue weighted by atomic mass is 10.2. The minimum atomic E-state index is -0.195. The summed E-state index contributed by atoms with van der Waals surface area (Å²) in [7, 11) is 0. The second-order valence-corrected chi connectivity index (χ2v) is 5.33. The number of halogens is 1. The molecule has 1 aliphatic heterocycles. The third-order valence-electron chi connectivity index (χ3n) is 3.01. The van der Waals surface area contributed by atoms with Crippen molar-refractivity contribution in [1.29, 1.82) is 0 Å². The van der Waals surface area contributed by atoms with Crippen LogP contribution in [0.2, 0.25) is 0 Å². The van der Waals surface area contributed by atoms with E-state index in [4.69, 9.17) is 4.74 Å². The van der Waals surface area contributed by atoms with Crippen molar-refractivity contribution in [3.05, 3.63) is 41.5 Å². The molecule has 0 bridgehead atoms. The van der Waals surface area contributed by atoms with Crippen molar-refractivity contribution in [3.8, 4) is 10.4 Å². The van der Waals surface area contributed by atoms with Crippen molar-refractivity contribution in [2.75, 3.05) is 18.5 Å². The first-order valence-corrected chi connectivity index (χ1v) is 6.88. The number of nitrogens with one attached hydrogen (secondary N) is 1. The largest absolute Gasteiger partial charge is 0.379 e. The third-order valence-corrected chi connectivity index (χ3v) is 3.99. The molecule has 1 N–H and O–H groups in total. The average molecular weight is 263 g/mol. The zero-order valence-electron chi connectivity index (χ0n) is 9.86. The highest BCUT2D eigenvalue weighted by molar-refractivity contribution is 7.14. The van der Waals surface area contributed by atoms with Gasteiger partial charge in [0, 0.05) is 22.6 Å². The summed E-state index contributed by atoms with van der Waals surface area (Å²) in [6.45, 7) is 1.60. The molecule has 2 nitrogen and oxygen atoms in total. The highest BCUT2D eigenvalue weighted by Crippen LogP contribution is 2.30. The van der Waals surface area contributed by atoms with Crippen LogP contribution in [0.4, 0.5) is 10.1 Å². The van der Waals surface area contributed by atoms with Gasteiger partial charge in [-0.3, -0.25) is 0 Å². The van der Waals surface area contributed by atoms with E-state index in [1.165, 1.54) is 6.07 Å². The summed E-state index contributed by atoms with van der Waals surface area (Å²) in [5, 5.41) is 5.51. The number of thiophene rings is 1. The van der Waals surface area contributed by atoms with E-state index in [9.17, 15) is 4.39 Å². The van der Waals surface area contributed by atoms with Crippen LogP contribution in [0.1, 0.15) is 6.42 Å². The molecule has 94 valence electrons. The Balaban J connectivity index is 1.76. The van der Waals surface area contributed by atoms with Gasteiger partial charge in [0.2, 0.25) is 0 Å². The van der Waals surface area contributed by atoms with Crippen molar-refractivity contribution in [2.45, 2.75) is 12.5 Å². The fraction of sp³-hybridized carbons (Fsp3) is 0.286. The average Bonchev–Trinajstić information content (AvgIpc) is 3.01. The first kappa shape index (κ1) is 11.7. The van der Waals surface area contributed by atoms with E-state index in [-0.39, 0.29) is 5.82 Å². The van der Waals surface area contributed by atoms with Gasteiger partial charge in [-0.05, 0) is 30.2 Å². The van der Waals surface area contributed by atoms with Gasteiger partial charge in [-0.2, -0.15) is 0 Å². The summed E-state index contributed by atoms with van der Waals surface area (Å²) in [5.41, 5.74) is 2.02. The van der Waals surface area contributed by atoms with Crippen LogP contribution in [0.15, 0.2) is 35.7 Å². The molecule has 1 aromatic carbocycles. The molecule has 1 atom stereocenters. The van der Waals surface area contributed by atoms with Gasteiger partial charge < -0.3 is 10.1 Å². The van der Waals surface area contributed by atoms with Gasteiger partial charge in [-0.15, -0.1) is 11.3 Å². The second kappa shape index (κ2) is 5.08. The van der Waals surface area contributed by atoms with Crippen LogP contribution in [-0.4, -0.2) is 19.3 Å². The van der Waals surface area contributed by atoms with Crippen LogP contribution in [0, 0.1) is 5.82 Å². The van der Waals surface area contributed by atoms with Crippen molar-refractivity contribution in [3.63, 3.8) is 0 Å². The molecule has 3 rings (SSSR count). The predicted molar refractivity (Wildman–Crippen MR) is 72.6 cm³/mol. The number of ether oxygens (including phenoxy) is 1. The maximum absolute atomic E-state index is 13.2. The fourth-order valence-electron chi connectivity index (χ4n) is 2.09. The molecule has 1 unspecified atom stereocenters. The van der Waals surface area contributed by atoms with Gasteiger partial charge in [0.15, 0.2) is 0 Å². The van der Waals surface area contributed by atoms with Gasteiger partial charge in [-0.25, -0.2) is 4.39 Å². The lowest BCUT2D eigenvalue weighted by Gasteiger charge is -2.09. The minimum absolute atomic E-state index is 0.195. The Kier molecular flexibility index (Phi) is 3.30. The molecule has 18 heavy (non-hydrogen) atoms. The minimum Gasteiger partial charge on any atom is -0.379 e. The molecule has 0 spiro atoms. The standard InChI is InChI=1S/C14H14FNOS/c15-11-3-1-2-10(6-11)14-7-13(9-18-14)16-12-4-5-17-8-12/h1-3,6-7,9,12,16H,4-5,8H2. The van der Waals surface area contributed by atoms with Gasteiger partial charge >= 0.3 is 0 Å². The quantitative estimate of drug-likeness (QED) is 0.910. The van der Waals surface area contributed by atoms with Crippen LogP contribution in [0.25, 0.3) is 10.4 Å². The molecular weight excluding hydrogens is 249 g/mol. The number of hydrogen-bond acceptors (Lipinski definition) is 3. The maximum Gasteiger partial charge on any atom is 0.123 e. The first-order chi connectivity index (χ1) is 8.81. The molecule has 0 aliphatic carbocycles. The molecule has 1 aliphatic rings. The van der Waals surface area contributed by atoms with E-state index in [1.807, 2.05) is 6.07 Å². The van der Waals surface area contributed by atoms with E-state index >= 15 is 0 Å². The van der Waals surface area contributed by atoms with Crippen LogP contribution >= 0.6 is 11.3 Å². The Bertz CT molecular complexity index is 534. The Morgan fingerprint density at radius 3 is 3.06 bits per heavy atom. The van der Waals surface area contributed by atoms with Gasteiger partial charge in [0.25, 0.3) is 0 Å². The van der Waals surface area contributed by atoms with Crippen molar-refractivity contribution >= 4 is 17.0 Å². The summed E-state index contributed by atoms with van der Waals surface area (Å²) >= 11 is 1.62. The van der Waals surface area contributed by atoms with Gasteiger partial charge in [-0.1, -0.05) is 12.1 Å². The molecule has 1 fully saturated rings. The van der Waals surface area contributed by atoms with E-state index in [2.05, 4.69) is 16.8 Å². The van der Waals surface area contributed by atoms with Crippen LogP contribution in [-0.2, 0) is 4.74 Å². The lowest BCUT2D eigenvalue weighted by molar-refractivity contribution is 0.195. The lowest BCUT2D eigenvalue weighted by Crippen LogP contribution is -2.18. The summed E-state index contributed by atoms with van der Waals surface area (Å²) < 4.78 is 18.5. The second-order valence-electron chi connectivity index (χ2n) is 4.41. The fourth-order valence-corrected chi connectivity index (χ4v) is 2.94. The number of hydrogen-bond donors (Lipinski definition) is 1. The van der Waals surface area contributed by atoms with E-state index in [0.29, 0.717) is 6.04 Å². The molecular formula is C14H14FNOS. The Morgan fingerprint density at radius 1 is 1.33 bits per heavy atom. The monoisotopic (exact) mass is 263 g/mol. The van der Waals surface area contributed by atoms with E-state index < -0.39 is 0 Å². The van der Waals surface area contributed by atoms with E-state index in [1.54, 1.807) is 23.5 Å². The van der Waals surface area contributed by atoms with E-state index in [0.717, 1.165) is 35.8 Å². The summed E-state index contributed by atoms with van der Waals surface area (Å²) in [6, 6.07) is 9.16. The molecule has 0 saturated carbocycles. The molecule has 2 aromatic rings. The number of rotatable bonds is 3. The maximum atomic E-state index is 13.2. The zero-order valence-corrected chi connectivity index (χ0v) is 10.7. The number of anilines is 1. The van der Waals surface area contributed by atoms with Crippen LogP contribution < -0.4 is 5.32 Å². The number of benzene rings is 1. The topological polar surface area (TPSA) is 21.3 Å². The normalized spacial score (nSPS) is 19.1. The summed E-state index contributed by atoms with van der Waals surface area (Å²) in [4.78, 5) is 1.08. The van der Waals surface area contributed by atoms with Gasteiger partial charge in [0.1, 0.15) is 5.82 Å². The Labute approximate surface area is 109 Å². The SMILES string of the molecule is Fc1cccc(-c2cc(NC3CCOC3)cs2)c1. The Hall–Kier alpha value is -1.39. The van der Waals surface area contributed by atoms with Crippen LogP contribution in [0.3, 0.4) is 0 Å². The molecule has 1 aromatic heterocycles. The predicted octanol–water partition coefficient (Wildman–Crippen LogP) is 3.76. The Morgan fingerprint density at radius 2 is 2.28 bits per heavy atom. The zero-order chi connectivity index (χ0) is 12.4. The smallest absolute Gasteiger partial charge is 0.123 e. The van der Waals surface area contributed by atoms with Crippen molar-refractivity contribution in [2.24, 2.45) is 0 Å². The molecule has 2 heterocycles. The molecule has 1 saturated heterocycles. The van der Waals surface area contributed by atoms with Crippen molar-refractivity contribution in [1.82, 2.24) is 0 Å². The summed E-state index contributed by atoms with van der Waals surface area (Å²) in [6.07, 6.45) is 1.05.